The maximum Gasteiger partial charge on any atom is 0.314 e. The summed E-state index contributed by atoms with van der Waals surface area (Å²) in [6.07, 6.45) is 0.710. The molecule has 0 amide bonds. The molecule has 3 nitrogen and oxygen atoms in total. The largest absolute Gasteiger partial charge is 0.469 e. The molecule has 0 bridgehead atoms. The van der Waals surface area contributed by atoms with Gasteiger partial charge in [-0.15, -0.1) is 0 Å². The third kappa shape index (κ3) is 5.19. The van der Waals surface area contributed by atoms with Crippen LogP contribution in [-0.2, 0) is 16.0 Å². The zero-order valence-corrected chi connectivity index (χ0v) is 13.0. The second-order valence-corrected chi connectivity index (χ2v) is 6.44. The Bertz CT molecular complexity index is 413. The number of methoxy groups -OCH3 is 1. The van der Waals surface area contributed by atoms with Gasteiger partial charge in [0.25, 0.3) is 0 Å². The fourth-order valence-corrected chi connectivity index (χ4v) is 2.45. The normalized spacial score (nSPS) is 13.2. The summed E-state index contributed by atoms with van der Waals surface area (Å²) in [5, 5.41) is 0. The minimum atomic E-state index is -0.136. The highest BCUT2D eigenvalue weighted by Crippen LogP contribution is 2.17. The molecule has 0 aliphatic carbocycles. The second kappa shape index (κ2) is 6.34. The molecule has 1 aromatic rings. The predicted octanol–water partition coefficient (Wildman–Crippen LogP) is 2.49. The van der Waals surface area contributed by atoms with Crippen LogP contribution in [0.1, 0.15) is 5.56 Å². The van der Waals surface area contributed by atoms with Gasteiger partial charge in [-0.2, -0.15) is 0 Å². The van der Waals surface area contributed by atoms with Gasteiger partial charge < -0.3 is 9.22 Å². The summed E-state index contributed by atoms with van der Waals surface area (Å²) in [5.41, 5.74) is 1.15. The maximum atomic E-state index is 11.8. The first-order valence-electron chi connectivity index (χ1n) is 5.94. The number of hydrogen-bond acceptors (Lipinski definition) is 2. The topological polar surface area (TPSA) is 26.3 Å². The average molecular weight is 315 g/mol. The highest BCUT2D eigenvalue weighted by atomic mass is 79.9. The van der Waals surface area contributed by atoms with Crippen molar-refractivity contribution in [3.63, 3.8) is 0 Å². The Hall–Kier alpha value is -0.870. The standard InChI is InChI=1S/C14H21BrNO2/c1-16(2,3)10-12(14(17)18-4)8-11-6-5-7-13(15)9-11/h5-7,9,12H,8,10H2,1-4H3/q+1. The van der Waals surface area contributed by atoms with Crippen molar-refractivity contribution in [2.24, 2.45) is 5.92 Å². The lowest BCUT2D eigenvalue weighted by Crippen LogP contribution is -2.42. The molecule has 0 saturated heterocycles. The molecule has 1 rings (SSSR count). The third-order valence-corrected chi connectivity index (χ3v) is 3.17. The van der Waals surface area contributed by atoms with Gasteiger partial charge in [-0.05, 0) is 24.1 Å². The van der Waals surface area contributed by atoms with Crippen LogP contribution in [0.15, 0.2) is 28.7 Å². The molecule has 0 aliphatic heterocycles. The van der Waals surface area contributed by atoms with Crippen molar-refractivity contribution in [3.05, 3.63) is 34.3 Å². The first kappa shape index (κ1) is 15.2. The van der Waals surface area contributed by atoms with Gasteiger partial charge in [-0.25, -0.2) is 0 Å². The molecule has 0 aromatic heterocycles. The number of esters is 1. The average Bonchev–Trinajstić information content (AvgIpc) is 2.25. The van der Waals surface area contributed by atoms with E-state index in [0.29, 0.717) is 6.42 Å². The summed E-state index contributed by atoms with van der Waals surface area (Å²) in [5.74, 6) is -0.243. The van der Waals surface area contributed by atoms with Crippen molar-refractivity contribution in [2.45, 2.75) is 6.42 Å². The maximum absolute atomic E-state index is 11.8. The molecule has 0 aliphatic rings. The van der Waals surface area contributed by atoms with E-state index in [4.69, 9.17) is 4.74 Å². The van der Waals surface area contributed by atoms with Crippen molar-refractivity contribution in [3.8, 4) is 0 Å². The summed E-state index contributed by atoms with van der Waals surface area (Å²) in [7, 11) is 7.69. The highest BCUT2D eigenvalue weighted by Gasteiger charge is 2.26. The van der Waals surface area contributed by atoms with Gasteiger partial charge in [0.1, 0.15) is 5.92 Å². The van der Waals surface area contributed by atoms with Gasteiger partial charge in [-0.3, -0.25) is 4.79 Å². The van der Waals surface area contributed by atoms with Crippen LogP contribution in [-0.4, -0.2) is 45.2 Å². The van der Waals surface area contributed by atoms with Gasteiger partial charge in [0.05, 0.1) is 34.8 Å². The molecule has 0 heterocycles. The number of hydrogen-bond donors (Lipinski definition) is 0. The van der Waals surface area contributed by atoms with Crippen LogP contribution < -0.4 is 0 Å². The zero-order valence-electron chi connectivity index (χ0n) is 11.4. The van der Waals surface area contributed by atoms with Crippen molar-refractivity contribution in [1.29, 1.82) is 0 Å². The summed E-state index contributed by atoms with van der Waals surface area (Å²) in [6.45, 7) is 0.763. The van der Waals surface area contributed by atoms with E-state index in [9.17, 15) is 4.79 Å². The number of carbonyl (C=O) groups is 1. The van der Waals surface area contributed by atoms with Crippen LogP contribution in [0, 0.1) is 5.92 Å². The first-order chi connectivity index (χ1) is 8.31. The highest BCUT2D eigenvalue weighted by molar-refractivity contribution is 9.10. The molecular formula is C14H21BrNO2+. The molecule has 0 saturated carbocycles. The zero-order chi connectivity index (χ0) is 13.8. The van der Waals surface area contributed by atoms with Crippen LogP contribution in [0.5, 0.6) is 0 Å². The molecule has 0 radical (unpaired) electrons. The lowest BCUT2D eigenvalue weighted by molar-refractivity contribution is -0.872. The Balaban J connectivity index is 2.81. The van der Waals surface area contributed by atoms with Gasteiger partial charge in [0.2, 0.25) is 0 Å². The Morgan fingerprint density at radius 2 is 2.06 bits per heavy atom. The molecule has 100 valence electrons. The molecular weight excluding hydrogens is 294 g/mol. The Morgan fingerprint density at radius 3 is 2.56 bits per heavy atom. The molecule has 1 atom stereocenters. The molecule has 1 aromatic carbocycles. The summed E-state index contributed by atoms with van der Waals surface area (Å²) in [4.78, 5) is 11.8. The van der Waals surface area contributed by atoms with Crippen LogP contribution in [0.25, 0.3) is 0 Å². The number of halogens is 1. The van der Waals surface area contributed by atoms with Gasteiger partial charge in [0.15, 0.2) is 0 Å². The number of carbonyl (C=O) groups excluding carboxylic acids is 1. The quantitative estimate of drug-likeness (QED) is 0.616. The number of ether oxygens (including phenoxy) is 1. The first-order valence-corrected chi connectivity index (χ1v) is 6.74. The third-order valence-electron chi connectivity index (χ3n) is 2.67. The summed E-state index contributed by atoms with van der Waals surface area (Å²) in [6, 6.07) is 8.05. The van der Waals surface area contributed by atoms with Gasteiger partial charge in [-0.1, -0.05) is 28.1 Å². The lowest BCUT2D eigenvalue weighted by atomic mass is 9.98. The Kier molecular flexibility index (Phi) is 5.35. The second-order valence-electron chi connectivity index (χ2n) is 5.53. The van der Waals surface area contributed by atoms with Crippen molar-refractivity contribution >= 4 is 21.9 Å². The fourth-order valence-electron chi connectivity index (χ4n) is 2.00. The smallest absolute Gasteiger partial charge is 0.314 e. The molecule has 18 heavy (non-hydrogen) atoms. The summed E-state index contributed by atoms with van der Waals surface area (Å²) >= 11 is 3.45. The Labute approximate surface area is 117 Å². The molecule has 0 fully saturated rings. The van der Waals surface area contributed by atoms with Gasteiger partial charge in [0, 0.05) is 4.47 Å². The lowest BCUT2D eigenvalue weighted by Gasteiger charge is -2.28. The molecule has 0 N–H and O–H groups in total. The number of benzene rings is 1. The SMILES string of the molecule is COC(=O)C(Cc1cccc(Br)c1)C[N+](C)(C)C. The fraction of sp³-hybridized carbons (Fsp3) is 0.500. The molecule has 4 heteroatoms. The van der Waals surface area contributed by atoms with Crippen LogP contribution >= 0.6 is 15.9 Å². The van der Waals surface area contributed by atoms with E-state index in [1.165, 1.54) is 7.11 Å². The number of quaternary nitrogens is 1. The number of nitrogens with zero attached hydrogens (tertiary/aromatic N) is 1. The van der Waals surface area contributed by atoms with E-state index in [0.717, 1.165) is 21.1 Å². The van der Waals surface area contributed by atoms with E-state index in [2.05, 4.69) is 37.1 Å². The van der Waals surface area contributed by atoms with Crippen LogP contribution in [0.3, 0.4) is 0 Å². The molecule has 0 spiro atoms. The van der Waals surface area contributed by atoms with Crippen LogP contribution in [0.4, 0.5) is 0 Å². The van der Waals surface area contributed by atoms with Crippen molar-refractivity contribution < 1.29 is 14.0 Å². The summed E-state index contributed by atoms with van der Waals surface area (Å²) < 4.78 is 6.68. The minimum Gasteiger partial charge on any atom is -0.469 e. The number of rotatable bonds is 5. The van der Waals surface area contributed by atoms with E-state index in [-0.39, 0.29) is 11.9 Å². The van der Waals surface area contributed by atoms with E-state index < -0.39 is 0 Å². The predicted molar refractivity (Wildman–Crippen MR) is 76.3 cm³/mol. The van der Waals surface area contributed by atoms with Crippen LogP contribution in [0.2, 0.25) is 0 Å². The minimum absolute atomic E-state index is 0.107. The molecule has 1 unspecified atom stereocenters. The van der Waals surface area contributed by atoms with Gasteiger partial charge >= 0.3 is 5.97 Å². The van der Waals surface area contributed by atoms with Crippen molar-refractivity contribution in [1.82, 2.24) is 0 Å². The van der Waals surface area contributed by atoms with E-state index >= 15 is 0 Å². The van der Waals surface area contributed by atoms with E-state index in [1.54, 1.807) is 0 Å². The Morgan fingerprint density at radius 1 is 1.39 bits per heavy atom. The van der Waals surface area contributed by atoms with E-state index in [1.807, 2.05) is 24.3 Å². The monoisotopic (exact) mass is 314 g/mol. The van der Waals surface area contributed by atoms with Crippen molar-refractivity contribution in [2.75, 3.05) is 34.8 Å².